The SMILES string of the molecule is C=CC(=O)N1CC2CC(n3c(NC(=O)c4ccc(-c5cccnn5)s4)nc4ccccc43)CC2C1. The maximum atomic E-state index is 13.2. The fraction of sp³-hybridized carbons (Fsp3) is 0.269. The molecule has 1 aliphatic carbocycles. The smallest absolute Gasteiger partial charge is 0.268 e. The highest BCUT2D eigenvalue weighted by Crippen LogP contribution is 2.46. The molecule has 9 heteroatoms. The Kier molecular flexibility index (Phi) is 5.41. The second-order valence-corrected chi connectivity index (χ2v) is 10.2. The molecular formula is C26H24N6O2S. The third kappa shape index (κ3) is 3.91. The van der Waals surface area contributed by atoms with Crippen molar-refractivity contribution in [3.05, 3.63) is 72.3 Å². The zero-order valence-corrected chi connectivity index (χ0v) is 19.8. The number of rotatable bonds is 5. The lowest BCUT2D eigenvalue weighted by Gasteiger charge is -2.21. The molecule has 1 N–H and O–H groups in total. The predicted molar refractivity (Wildman–Crippen MR) is 135 cm³/mol. The Balaban J connectivity index is 1.26. The van der Waals surface area contributed by atoms with E-state index in [4.69, 9.17) is 4.98 Å². The van der Waals surface area contributed by atoms with Gasteiger partial charge in [0.1, 0.15) is 5.69 Å². The van der Waals surface area contributed by atoms with Crippen LogP contribution in [0.4, 0.5) is 5.95 Å². The van der Waals surface area contributed by atoms with Crippen molar-refractivity contribution in [2.75, 3.05) is 18.4 Å². The molecule has 176 valence electrons. The Labute approximate surface area is 206 Å². The molecule has 6 rings (SSSR count). The maximum absolute atomic E-state index is 13.2. The number of hydrogen-bond acceptors (Lipinski definition) is 6. The van der Waals surface area contributed by atoms with Crippen LogP contribution in [0.5, 0.6) is 0 Å². The van der Waals surface area contributed by atoms with Crippen LogP contribution < -0.4 is 5.32 Å². The third-order valence-corrected chi connectivity index (χ3v) is 8.16. The van der Waals surface area contributed by atoms with Crippen molar-refractivity contribution >= 4 is 40.1 Å². The second kappa shape index (κ2) is 8.74. The summed E-state index contributed by atoms with van der Waals surface area (Å²) in [6.45, 7) is 5.15. The van der Waals surface area contributed by atoms with Crippen LogP contribution in [0.1, 0.15) is 28.6 Å². The fourth-order valence-corrected chi connectivity index (χ4v) is 6.35. The van der Waals surface area contributed by atoms with Crippen molar-refractivity contribution in [3.8, 4) is 10.6 Å². The largest absolute Gasteiger partial charge is 0.339 e. The van der Waals surface area contributed by atoms with E-state index in [2.05, 4.69) is 32.7 Å². The highest BCUT2D eigenvalue weighted by molar-refractivity contribution is 7.17. The zero-order chi connectivity index (χ0) is 23.9. The van der Waals surface area contributed by atoms with Crippen LogP contribution in [0.3, 0.4) is 0 Å². The highest BCUT2D eigenvalue weighted by atomic mass is 32.1. The molecule has 2 aliphatic rings. The minimum absolute atomic E-state index is 0.00813. The van der Waals surface area contributed by atoms with E-state index >= 15 is 0 Å². The zero-order valence-electron chi connectivity index (χ0n) is 19.0. The van der Waals surface area contributed by atoms with Crippen LogP contribution in [0, 0.1) is 11.8 Å². The van der Waals surface area contributed by atoms with Crippen LogP contribution in [0.25, 0.3) is 21.6 Å². The molecule has 1 saturated carbocycles. The Morgan fingerprint density at radius 3 is 2.60 bits per heavy atom. The van der Waals surface area contributed by atoms with Gasteiger partial charge in [0.15, 0.2) is 0 Å². The number of likely N-dealkylation sites (tertiary alicyclic amines) is 1. The van der Waals surface area contributed by atoms with Gasteiger partial charge in [-0.2, -0.15) is 5.10 Å². The molecule has 3 aromatic heterocycles. The molecule has 1 aliphatic heterocycles. The number of imidazole rings is 1. The number of benzene rings is 1. The first-order valence-corrected chi connectivity index (χ1v) is 12.5. The van der Waals surface area contributed by atoms with Gasteiger partial charge >= 0.3 is 0 Å². The number of para-hydroxylation sites is 2. The quantitative estimate of drug-likeness (QED) is 0.424. The van der Waals surface area contributed by atoms with Crippen molar-refractivity contribution in [1.29, 1.82) is 0 Å². The number of amides is 2. The summed E-state index contributed by atoms with van der Waals surface area (Å²) in [5, 5.41) is 11.1. The van der Waals surface area contributed by atoms with Gasteiger partial charge in [-0.15, -0.1) is 16.4 Å². The monoisotopic (exact) mass is 484 g/mol. The van der Waals surface area contributed by atoms with Crippen molar-refractivity contribution < 1.29 is 9.59 Å². The molecule has 1 saturated heterocycles. The lowest BCUT2D eigenvalue weighted by Crippen LogP contribution is -2.28. The molecule has 2 amide bonds. The highest BCUT2D eigenvalue weighted by Gasteiger charge is 2.43. The summed E-state index contributed by atoms with van der Waals surface area (Å²) in [5.41, 5.74) is 2.61. The first kappa shape index (κ1) is 21.7. The summed E-state index contributed by atoms with van der Waals surface area (Å²) >= 11 is 1.38. The van der Waals surface area contributed by atoms with E-state index < -0.39 is 0 Å². The minimum Gasteiger partial charge on any atom is -0.339 e. The van der Waals surface area contributed by atoms with E-state index in [9.17, 15) is 9.59 Å². The first-order valence-electron chi connectivity index (χ1n) is 11.7. The summed E-state index contributed by atoms with van der Waals surface area (Å²) < 4.78 is 2.18. The van der Waals surface area contributed by atoms with E-state index in [1.165, 1.54) is 17.4 Å². The van der Waals surface area contributed by atoms with Crippen LogP contribution in [-0.2, 0) is 4.79 Å². The number of anilines is 1. The molecule has 2 unspecified atom stereocenters. The van der Waals surface area contributed by atoms with Gasteiger partial charge < -0.3 is 9.47 Å². The summed E-state index contributed by atoms with van der Waals surface area (Å²) in [4.78, 5) is 33.4. The number of fused-ring (bicyclic) bond motifs is 2. The van der Waals surface area contributed by atoms with E-state index in [1.54, 1.807) is 6.20 Å². The molecule has 2 atom stereocenters. The first-order chi connectivity index (χ1) is 17.1. The predicted octanol–water partition coefficient (Wildman–Crippen LogP) is 4.40. The molecule has 0 radical (unpaired) electrons. The van der Waals surface area contributed by atoms with Gasteiger partial charge in [0, 0.05) is 25.3 Å². The number of thiophene rings is 1. The normalized spacial score (nSPS) is 21.3. The molecule has 0 bridgehead atoms. The minimum atomic E-state index is -0.192. The number of carbonyl (C=O) groups excluding carboxylic acids is 2. The molecular weight excluding hydrogens is 460 g/mol. The van der Waals surface area contributed by atoms with E-state index in [-0.39, 0.29) is 17.9 Å². The molecule has 8 nitrogen and oxygen atoms in total. The summed E-state index contributed by atoms with van der Waals surface area (Å²) in [6.07, 6.45) is 4.92. The average Bonchev–Trinajstić information content (AvgIpc) is 3.65. The van der Waals surface area contributed by atoms with Gasteiger partial charge in [-0.3, -0.25) is 14.9 Å². The van der Waals surface area contributed by atoms with Crippen molar-refractivity contribution in [3.63, 3.8) is 0 Å². The van der Waals surface area contributed by atoms with Crippen molar-refractivity contribution in [2.24, 2.45) is 11.8 Å². The van der Waals surface area contributed by atoms with Crippen molar-refractivity contribution in [2.45, 2.75) is 18.9 Å². The molecule has 0 spiro atoms. The Bertz CT molecular complexity index is 1410. The summed E-state index contributed by atoms with van der Waals surface area (Å²) in [7, 11) is 0. The third-order valence-electron chi connectivity index (χ3n) is 7.05. The average molecular weight is 485 g/mol. The number of nitrogens with zero attached hydrogens (tertiary/aromatic N) is 5. The molecule has 4 heterocycles. The Hall–Kier alpha value is -3.85. The van der Waals surface area contributed by atoms with Gasteiger partial charge in [0.25, 0.3) is 5.91 Å². The van der Waals surface area contributed by atoms with Gasteiger partial charge in [0.2, 0.25) is 11.9 Å². The number of aromatic nitrogens is 4. The number of carbonyl (C=O) groups is 2. The topological polar surface area (TPSA) is 93.0 Å². The maximum Gasteiger partial charge on any atom is 0.268 e. The van der Waals surface area contributed by atoms with Crippen LogP contribution in [-0.4, -0.2) is 49.6 Å². The summed E-state index contributed by atoms with van der Waals surface area (Å²) in [5.74, 6) is 1.27. The Morgan fingerprint density at radius 2 is 1.86 bits per heavy atom. The molecule has 4 aromatic rings. The van der Waals surface area contributed by atoms with Crippen LogP contribution >= 0.6 is 11.3 Å². The lowest BCUT2D eigenvalue weighted by atomic mass is 10.0. The Morgan fingerprint density at radius 1 is 1.06 bits per heavy atom. The van der Waals surface area contributed by atoms with Crippen molar-refractivity contribution in [1.82, 2.24) is 24.6 Å². The van der Waals surface area contributed by atoms with E-state index in [0.29, 0.717) is 22.7 Å². The second-order valence-electron chi connectivity index (χ2n) is 9.11. The molecule has 35 heavy (non-hydrogen) atoms. The van der Waals surface area contributed by atoms with Gasteiger partial charge in [0.05, 0.1) is 20.8 Å². The van der Waals surface area contributed by atoms with Crippen LogP contribution in [0.2, 0.25) is 0 Å². The van der Waals surface area contributed by atoms with Gasteiger partial charge in [-0.05, 0) is 67.2 Å². The summed E-state index contributed by atoms with van der Waals surface area (Å²) in [6, 6.07) is 15.6. The number of nitrogens with one attached hydrogen (secondary N) is 1. The van der Waals surface area contributed by atoms with E-state index in [0.717, 1.165) is 47.5 Å². The number of hydrogen-bond donors (Lipinski definition) is 1. The fourth-order valence-electron chi connectivity index (χ4n) is 5.48. The lowest BCUT2D eigenvalue weighted by molar-refractivity contribution is -0.125. The van der Waals surface area contributed by atoms with E-state index in [1.807, 2.05) is 47.4 Å². The van der Waals surface area contributed by atoms with Gasteiger partial charge in [-0.1, -0.05) is 18.7 Å². The standard InChI is InChI=1S/C26H24N6O2S/c1-2-24(33)31-14-16-12-18(13-17(16)15-31)32-21-8-4-3-6-19(21)28-26(32)29-25(34)23-10-9-22(35-23)20-7-5-11-27-30-20/h2-11,16-18H,1,12-15H2,(H,28,29,34). The molecule has 1 aromatic carbocycles. The van der Waals surface area contributed by atoms with Gasteiger partial charge in [-0.25, -0.2) is 4.98 Å². The molecule has 2 fully saturated rings. The van der Waals surface area contributed by atoms with Crippen LogP contribution in [0.15, 0.2) is 67.4 Å².